The maximum Gasteiger partial charge on any atom is 0.191 e. The van der Waals surface area contributed by atoms with E-state index >= 15 is 0 Å². The summed E-state index contributed by atoms with van der Waals surface area (Å²) < 4.78 is 17.2. The number of hydrogen-bond acceptors (Lipinski definition) is 4. The van der Waals surface area contributed by atoms with Gasteiger partial charge in [0.25, 0.3) is 0 Å². The molecule has 0 unspecified atom stereocenters. The molecule has 1 saturated heterocycles. The van der Waals surface area contributed by atoms with Gasteiger partial charge in [-0.05, 0) is 55.4 Å². The highest BCUT2D eigenvalue weighted by Crippen LogP contribution is 2.16. The summed E-state index contributed by atoms with van der Waals surface area (Å²) in [4.78, 5) is 4.72. The second kappa shape index (κ2) is 14.5. The first kappa shape index (κ1) is 24.1. The number of benzene rings is 2. The van der Waals surface area contributed by atoms with Crippen molar-refractivity contribution < 1.29 is 14.2 Å². The minimum absolute atomic E-state index is 0.564. The standard InChI is InChI=1S/C26H37N3O3/c1-2-27-26(28-14-7-15-31-20-23-12-16-30-17-13-23)29-19-24-10-6-11-25(18-24)32-21-22-8-4-3-5-9-22/h3-6,8-11,18,23H,2,7,12-17,19-21H2,1H3,(H2,27,28,29). The van der Waals surface area contributed by atoms with Crippen LogP contribution in [0.15, 0.2) is 59.6 Å². The van der Waals surface area contributed by atoms with Gasteiger partial charge in [-0.25, -0.2) is 4.99 Å². The Kier molecular flexibility index (Phi) is 10.9. The van der Waals surface area contributed by atoms with Crippen LogP contribution in [0.1, 0.15) is 37.3 Å². The summed E-state index contributed by atoms with van der Waals surface area (Å²) in [5, 5.41) is 6.71. The molecule has 1 fully saturated rings. The van der Waals surface area contributed by atoms with E-state index in [0.29, 0.717) is 19.1 Å². The zero-order chi connectivity index (χ0) is 22.3. The number of hydrogen-bond donors (Lipinski definition) is 2. The summed E-state index contributed by atoms with van der Waals surface area (Å²) in [5.41, 5.74) is 2.28. The van der Waals surface area contributed by atoms with Crippen LogP contribution in [0.5, 0.6) is 5.75 Å². The second-order valence-corrected chi connectivity index (χ2v) is 8.03. The van der Waals surface area contributed by atoms with Crippen molar-refractivity contribution in [1.29, 1.82) is 0 Å². The lowest BCUT2D eigenvalue weighted by molar-refractivity contribution is 0.0203. The summed E-state index contributed by atoms with van der Waals surface area (Å²) in [6.45, 7) is 8.26. The minimum Gasteiger partial charge on any atom is -0.489 e. The predicted molar refractivity (Wildman–Crippen MR) is 129 cm³/mol. The molecule has 6 heteroatoms. The van der Waals surface area contributed by atoms with Crippen LogP contribution in [0.2, 0.25) is 0 Å². The van der Waals surface area contributed by atoms with Gasteiger partial charge < -0.3 is 24.8 Å². The zero-order valence-electron chi connectivity index (χ0n) is 19.2. The van der Waals surface area contributed by atoms with Crippen LogP contribution in [0.3, 0.4) is 0 Å². The van der Waals surface area contributed by atoms with Gasteiger partial charge in [0.05, 0.1) is 6.54 Å². The Morgan fingerprint density at radius 1 is 1.03 bits per heavy atom. The fourth-order valence-electron chi connectivity index (χ4n) is 3.53. The van der Waals surface area contributed by atoms with E-state index in [4.69, 9.17) is 19.2 Å². The van der Waals surface area contributed by atoms with E-state index in [-0.39, 0.29) is 0 Å². The molecule has 0 amide bonds. The Morgan fingerprint density at radius 2 is 1.84 bits per heavy atom. The zero-order valence-corrected chi connectivity index (χ0v) is 19.2. The number of nitrogens with one attached hydrogen (secondary N) is 2. The van der Waals surface area contributed by atoms with E-state index in [1.165, 1.54) is 0 Å². The molecule has 2 aromatic rings. The molecular weight excluding hydrogens is 402 g/mol. The second-order valence-electron chi connectivity index (χ2n) is 8.03. The number of ether oxygens (including phenoxy) is 3. The van der Waals surface area contributed by atoms with Crippen molar-refractivity contribution in [3.05, 3.63) is 65.7 Å². The van der Waals surface area contributed by atoms with E-state index in [0.717, 1.165) is 81.6 Å². The van der Waals surface area contributed by atoms with Gasteiger partial charge in [0, 0.05) is 39.5 Å². The van der Waals surface area contributed by atoms with Gasteiger partial charge in [-0.1, -0.05) is 42.5 Å². The van der Waals surface area contributed by atoms with Crippen molar-refractivity contribution in [1.82, 2.24) is 10.6 Å². The van der Waals surface area contributed by atoms with Crippen LogP contribution < -0.4 is 15.4 Å². The Balaban J connectivity index is 1.38. The van der Waals surface area contributed by atoms with Crippen molar-refractivity contribution in [2.24, 2.45) is 10.9 Å². The molecule has 2 aromatic carbocycles. The predicted octanol–water partition coefficient (Wildman–Crippen LogP) is 4.15. The Bertz CT molecular complexity index is 792. The normalized spacial score (nSPS) is 14.8. The van der Waals surface area contributed by atoms with E-state index in [9.17, 15) is 0 Å². The van der Waals surface area contributed by atoms with Crippen molar-refractivity contribution in [2.75, 3.05) is 39.5 Å². The topological polar surface area (TPSA) is 64.1 Å². The lowest BCUT2D eigenvalue weighted by Gasteiger charge is -2.21. The van der Waals surface area contributed by atoms with Crippen LogP contribution in [-0.2, 0) is 22.6 Å². The van der Waals surface area contributed by atoms with Crippen molar-refractivity contribution in [3.8, 4) is 5.75 Å². The SMILES string of the molecule is CCNC(=NCc1cccc(OCc2ccccc2)c1)NCCCOCC1CCOCC1. The molecule has 0 atom stereocenters. The molecule has 1 aliphatic rings. The first-order valence-corrected chi connectivity index (χ1v) is 11.8. The Morgan fingerprint density at radius 3 is 2.66 bits per heavy atom. The van der Waals surface area contributed by atoms with E-state index in [2.05, 4.69) is 41.8 Å². The van der Waals surface area contributed by atoms with Crippen LogP contribution >= 0.6 is 0 Å². The third-order valence-electron chi connectivity index (χ3n) is 5.36. The number of nitrogens with zero attached hydrogens (tertiary/aromatic N) is 1. The highest BCUT2D eigenvalue weighted by molar-refractivity contribution is 5.79. The van der Waals surface area contributed by atoms with Gasteiger partial charge in [0.1, 0.15) is 12.4 Å². The summed E-state index contributed by atoms with van der Waals surface area (Å²) in [6.07, 6.45) is 3.19. The van der Waals surface area contributed by atoms with E-state index in [1.54, 1.807) is 0 Å². The van der Waals surface area contributed by atoms with E-state index in [1.807, 2.05) is 30.3 Å². The fraction of sp³-hybridized carbons (Fsp3) is 0.500. The monoisotopic (exact) mass is 439 g/mol. The van der Waals surface area contributed by atoms with E-state index < -0.39 is 0 Å². The third kappa shape index (κ3) is 9.28. The molecule has 1 heterocycles. The molecule has 3 rings (SSSR count). The molecule has 0 spiro atoms. The van der Waals surface area contributed by atoms with Gasteiger partial charge >= 0.3 is 0 Å². The van der Waals surface area contributed by atoms with Crippen molar-refractivity contribution in [2.45, 2.75) is 39.3 Å². The average Bonchev–Trinajstić information content (AvgIpc) is 2.85. The van der Waals surface area contributed by atoms with Crippen LogP contribution in [0, 0.1) is 5.92 Å². The van der Waals surface area contributed by atoms with Crippen LogP contribution in [0.4, 0.5) is 0 Å². The van der Waals surface area contributed by atoms with Crippen molar-refractivity contribution >= 4 is 5.96 Å². The van der Waals surface area contributed by atoms with Crippen LogP contribution in [-0.4, -0.2) is 45.5 Å². The lowest BCUT2D eigenvalue weighted by atomic mass is 10.0. The lowest BCUT2D eigenvalue weighted by Crippen LogP contribution is -2.38. The Hall–Kier alpha value is -2.57. The van der Waals surface area contributed by atoms with Gasteiger partial charge in [-0.2, -0.15) is 0 Å². The largest absolute Gasteiger partial charge is 0.489 e. The third-order valence-corrected chi connectivity index (χ3v) is 5.36. The first-order chi connectivity index (χ1) is 15.8. The molecule has 0 saturated carbocycles. The smallest absolute Gasteiger partial charge is 0.191 e. The van der Waals surface area contributed by atoms with Gasteiger partial charge in [-0.15, -0.1) is 0 Å². The Labute approximate surface area is 192 Å². The molecule has 174 valence electrons. The molecule has 0 radical (unpaired) electrons. The first-order valence-electron chi connectivity index (χ1n) is 11.8. The molecule has 0 aliphatic carbocycles. The number of guanidine groups is 1. The highest BCUT2D eigenvalue weighted by atomic mass is 16.5. The molecule has 0 aromatic heterocycles. The highest BCUT2D eigenvalue weighted by Gasteiger charge is 2.13. The van der Waals surface area contributed by atoms with Gasteiger partial charge in [0.15, 0.2) is 5.96 Å². The average molecular weight is 440 g/mol. The number of rotatable bonds is 12. The van der Waals surface area contributed by atoms with Crippen molar-refractivity contribution in [3.63, 3.8) is 0 Å². The number of aliphatic imine (C=N–C) groups is 1. The maximum absolute atomic E-state index is 5.93. The molecule has 0 bridgehead atoms. The molecule has 2 N–H and O–H groups in total. The summed E-state index contributed by atoms with van der Waals surface area (Å²) in [5.74, 6) is 2.34. The summed E-state index contributed by atoms with van der Waals surface area (Å²) in [7, 11) is 0. The van der Waals surface area contributed by atoms with Crippen LogP contribution in [0.25, 0.3) is 0 Å². The van der Waals surface area contributed by atoms with Gasteiger partial charge in [-0.3, -0.25) is 0 Å². The fourth-order valence-corrected chi connectivity index (χ4v) is 3.53. The summed E-state index contributed by atoms with van der Waals surface area (Å²) in [6, 6.07) is 18.3. The molecule has 6 nitrogen and oxygen atoms in total. The summed E-state index contributed by atoms with van der Waals surface area (Å²) >= 11 is 0. The maximum atomic E-state index is 5.93. The quantitative estimate of drug-likeness (QED) is 0.295. The molecule has 32 heavy (non-hydrogen) atoms. The molecule has 1 aliphatic heterocycles. The van der Waals surface area contributed by atoms with Gasteiger partial charge in [0.2, 0.25) is 0 Å². The minimum atomic E-state index is 0.564. The molecular formula is C26H37N3O3.